The van der Waals surface area contributed by atoms with Crippen LogP contribution in [0.1, 0.15) is 23.9 Å². The molecule has 1 saturated heterocycles. The van der Waals surface area contributed by atoms with E-state index in [9.17, 15) is 0 Å². The van der Waals surface area contributed by atoms with Crippen molar-refractivity contribution in [1.82, 2.24) is 24.9 Å². The number of anilines is 3. The third kappa shape index (κ3) is 3.55. The summed E-state index contributed by atoms with van der Waals surface area (Å²) in [6.07, 6.45) is 6.29. The summed E-state index contributed by atoms with van der Waals surface area (Å²) in [4.78, 5) is 24.5. The Morgan fingerprint density at radius 3 is 2.64 bits per heavy atom. The van der Waals surface area contributed by atoms with Crippen LogP contribution in [0.15, 0.2) is 48.9 Å². The zero-order chi connectivity index (χ0) is 17.1. The zero-order valence-corrected chi connectivity index (χ0v) is 14.0. The molecule has 0 saturated carbocycles. The van der Waals surface area contributed by atoms with Crippen LogP contribution in [0.4, 0.5) is 17.6 Å². The Hall–Kier alpha value is -3.09. The molecule has 4 rings (SSSR count). The average molecular weight is 333 g/mol. The molecule has 0 unspecified atom stereocenters. The van der Waals surface area contributed by atoms with Gasteiger partial charge in [-0.1, -0.05) is 6.07 Å². The highest BCUT2D eigenvalue weighted by molar-refractivity contribution is 5.51. The van der Waals surface area contributed by atoms with E-state index in [1.54, 1.807) is 18.6 Å². The van der Waals surface area contributed by atoms with E-state index in [2.05, 4.69) is 30.2 Å². The molecule has 7 heteroatoms. The lowest BCUT2D eigenvalue weighted by molar-refractivity contribution is 0.704. The van der Waals surface area contributed by atoms with Crippen LogP contribution in [0, 0.1) is 6.92 Å². The minimum atomic E-state index is 0.271. The fourth-order valence-corrected chi connectivity index (χ4v) is 3.01. The molecular weight excluding hydrogens is 314 g/mol. The highest BCUT2D eigenvalue weighted by Gasteiger charge is 2.27. The molecule has 7 nitrogen and oxygen atoms in total. The molecule has 1 aliphatic rings. The Morgan fingerprint density at radius 2 is 1.84 bits per heavy atom. The Bertz CT molecular complexity index is 839. The summed E-state index contributed by atoms with van der Waals surface area (Å²) < 4.78 is 0. The summed E-state index contributed by atoms with van der Waals surface area (Å²) in [6, 6.07) is 9.52. The second-order valence-electron chi connectivity index (χ2n) is 6.07. The van der Waals surface area contributed by atoms with E-state index in [1.807, 2.05) is 37.3 Å². The molecule has 1 fully saturated rings. The van der Waals surface area contributed by atoms with Gasteiger partial charge in [0.05, 0.1) is 0 Å². The first-order valence-corrected chi connectivity index (χ1v) is 8.33. The molecule has 3 aromatic rings. The summed E-state index contributed by atoms with van der Waals surface area (Å²) in [6.45, 7) is 3.73. The largest absolute Gasteiger partial charge is 0.340 e. The van der Waals surface area contributed by atoms with E-state index in [0.29, 0.717) is 0 Å². The van der Waals surface area contributed by atoms with Crippen molar-refractivity contribution in [3.05, 3.63) is 60.4 Å². The molecule has 126 valence electrons. The van der Waals surface area contributed by atoms with Gasteiger partial charge in [-0.15, -0.1) is 0 Å². The lowest BCUT2D eigenvalue weighted by Crippen LogP contribution is -2.22. The SMILES string of the molecule is Cc1cc(Nc2ccccn2)nc([C@@H]2CCN(c3ncccn3)C2)n1. The summed E-state index contributed by atoms with van der Waals surface area (Å²) >= 11 is 0. The Morgan fingerprint density at radius 1 is 1.00 bits per heavy atom. The van der Waals surface area contributed by atoms with Crippen molar-refractivity contribution >= 4 is 17.6 Å². The summed E-state index contributed by atoms with van der Waals surface area (Å²) in [7, 11) is 0. The van der Waals surface area contributed by atoms with Crippen molar-refractivity contribution in [3.63, 3.8) is 0 Å². The van der Waals surface area contributed by atoms with Crippen LogP contribution in [0.5, 0.6) is 0 Å². The first kappa shape index (κ1) is 15.4. The van der Waals surface area contributed by atoms with Gasteiger partial charge in [-0.25, -0.2) is 24.9 Å². The normalized spacial score (nSPS) is 16.8. The first-order chi connectivity index (χ1) is 12.3. The molecule has 1 atom stereocenters. The second kappa shape index (κ2) is 6.80. The van der Waals surface area contributed by atoms with Crippen LogP contribution in [0.2, 0.25) is 0 Å². The van der Waals surface area contributed by atoms with E-state index in [0.717, 1.165) is 48.6 Å². The molecule has 0 amide bonds. The maximum Gasteiger partial charge on any atom is 0.225 e. The van der Waals surface area contributed by atoms with Gasteiger partial charge < -0.3 is 10.2 Å². The molecule has 4 heterocycles. The van der Waals surface area contributed by atoms with Crippen LogP contribution < -0.4 is 10.2 Å². The Labute approximate surface area is 146 Å². The molecule has 1 aliphatic heterocycles. The lowest BCUT2D eigenvalue weighted by Gasteiger charge is -2.16. The van der Waals surface area contributed by atoms with Crippen LogP contribution in [0.25, 0.3) is 0 Å². The number of aryl methyl sites for hydroxylation is 1. The fraction of sp³-hybridized carbons (Fsp3) is 0.278. The van der Waals surface area contributed by atoms with Crippen molar-refractivity contribution in [2.45, 2.75) is 19.3 Å². The van der Waals surface area contributed by atoms with E-state index in [-0.39, 0.29) is 5.92 Å². The van der Waals surface area contributed by atoms with Gasteiger partial charge in [0.2, 0.25) is 5.95 Å². The molecule has 0 aromatic carbocycles. The molecule has 25 heavy (non-hydrogen) atoms. The van der Waals surface area contributed by atoms with Gasteiger partial charge in [0.15, 0.2) is 0 Å². The smallest absolute Gasteiger partial charge is 0.225 e. The van der Waals surface area contributed by atoms with Crippen molar-refractivity contribution in [3.8, 4) is 0 Å². The van der Waals surface area contributed by atoms with Gasteiger partial charge in [-0.05, 0) is 31.5 Å². The van der Waals surface area contributed by atoms with Gasteiger partial charge in [0.25, 0.3) is 0 Å². The maximum atomic E-state index is 4.71. The minimum absolute atomic E-state index is 0.271. The van der Waals surface area contributed by atoms with Crippen molar-refractivity contribution in [1.29, 1.82) is 0 Å². The number of hydrogen-bond acceptors (Lipinski definition) is 7. The standard InChI is InChI=1S/C18H19N7/c1-13-11-16(23-15-5-2-3-7-19-15)24-17(22-13)14-6-10-25(12-14)18-20-8-4-9-21-18/h2-5,7-9,11,14H,6,10,12H2,1H3,(H,19,22,23,24)/t14-/m1/s1. The fourth-order valence-electron chi connectivity index (χ4n) is 3.01. The Kier molecular flexibility index (Phi) is 4.20. The molecule has 3 aromatic heterocycles. The molecule has 0 bridgehead atoms. The van der Waals surface area contributed by atoms with Crippen LogP contribution in [-0.2, 0) is 0 Å². The van der Waals surface area contributed by atoms with Gasteiger partial charge in [0, 0.05) is 49.4 Å². The zero-order valence-electron chi connectivity index (χ0n) is 14.0. The van der Waals surface area contributed by atoms with E-state index >= 15 is 0 Å². The van der Waals surface area contributed by atoms with Gasteiger partial charge in [-0.3, -0.25) is 0 Å². The van der Waals surface area contributed by atoms with Crippen LogP contribution in [0.3, 0.4) is 0 Å². The third-order valence-corrected chi connectivity index (χ3v) is 4.18. The topological polar surface area (TPSA) is 79.7 Å². The summed E-state index contributed by atoms with van der Waals surface area (Å²) in [5.41, 5.74) is 0.942. The number of pyridine rings is 1. The number of hydrogen-bond donors (Lipinski definition) is 1. The Balaban J connectivity index is 1.53. The summed E-state index contributed by atoms with van der Waals surface area (Å²) in [5, 5.41) is 3.25. The highest BCUT2D eigenvalue weighted by atomic mass is 15.3. The molecular formula is C18H19N7. The molecule has 1 N–H and O–H groups in total. The van der Waals surface area contributed by atoms with Crippen molar-refractivity contribution in [2.24, 2.45) is 0 Å². The quantitative estimate of drug-likeness (QED) is 0.786. The molecule has 0 spiro atoms. The van der Waals surface area contributed by atoms with E-state index < -0.39 is 0 Å². The minimum Gasteiger partial charge on any atom is -0.340 e. The monoisotopic (exact) mass is 333 g/mol. The van der Waals surface area contributed by atoms with Crippen LogP contribution in [-0.4, -0.2) is 38.0 Å². The predicted molar refractivity (Wildman–Crippen MR) is 95.9 cm³/mol. The number of aromatic nitrogens is 5. The molecule has 0 radical (unpaired) electrons. The summed E-state index contributed by atoms with van der Waals surface area (Å²) in [5.74, 6) is 3.45. The van der Waals surface area contributed by atoms with Gasteiger partial charge >= 0.3 is 0 Å². The van der Waals surface area contributed by atoms with Crippen molar-refractivity contribution in [2.75, 3.05) is 23.3 Å². The maximum absolute atomic E-state index is 4.71. The third-order valence-electron chi connectivity index (χ3n) is 4.18. The van der Waals surface area contributed by atoms with Gasteiger partial charge in [-0.2, -0.15) is 0 Å². The predicted octanol–water partition coefficient (Wildman–Crippen LogP) is 2.71. The number of nitrogens with zero attached hydrogens (tertiary/aromatic N) is 6. The second-order valence-corrected chi connectivity index (χ2v) is 6.07. The lowest BCUT2D eigenvalue weighted by atomic mass is 10.1. The van der Waals surface area contributed by atoms with E-state index in [4.69, 9.17) is 4.98 Å². The van der Waals surface area contributed by atoms with Crippen LogP contribution >= 0.6 is 0 Å². The van der Waals surface area contributed by atoms with Crippen molar-refractivity contribution < 1.29 is 0 Å². The average Bonchev–Trinajstić information content (AvgIpc) is 3.13. The van der Waals surface area contributed by atoms with Gasteiger partial charge in [0.1, 0.15) is 17.5 Å². The highest BCUT2D eigenvalue weighted by Crippen LogP contribution is 2.28. The van der Waals surface area contributed by atoms with E-state index in [1.165, 1.54) is 0 Å². The number of nitrogens with one attached hydrogen (secondary N) is 1. The molecule has 0 aliphatic carbocycles. The number of rotatable bonds is 4. The first-order valence-electron chi connectivity index (χ1n) is 8.33.